The van der Waals surface area contributed by atoms with Gasteiger partial charge in [0.05, 0.1) is 11.7 Å². The summed E-state index contributed by atoms with van der Waals surface area (Å²) in [6.07, 6.45) is 3.68. The van der Waals surface area contributed by atoms with Gasteiger partial charge in [0.25, 0.3) is 0 Å². The van der Waals surface area contributed by atoms with E-state index in [9.17, 15) is 0 Å². The molecule has 0 amide bonds. The number of halogens is 1. The summed E-state index contributed by atoms with van der Waals surface area (Å²) >= 11 is 3.48. The van der Waals surface area contributed by atoms with Crippen molar-refractivity contribution < 1.29 is 4.74 Å². The third-order valence-electron chi connectivity index (χ3n) is 3.02. The maximum absolute atomic E-state index is 6.05. The predicted octanol–water partition coefficient (Wildman–Crippen LogP) is 4.20. The molecule has 1 aliphatic rings. The van der Waals surface area contributed by atoms with Crippen LogP contribution in [0.5, 0.6) is 5.75 Å². The zero-order chi connectivity index (χ0) is 11.5. The van der Waals surface area contributed by atoms with Gasteiger partial charge in [0.1, 0.15) is 11.9 Å². The van der Waals surface area contributed by atoms with Crippen LogP contribution in [-0.4, -0.2) is 12.1 Å². The van der Waals surface area contributed by atoms with E-state index in [-0.39, 0.29) is 0 Å². The fourth-order valence-electron chi connectivity index (χ4n) is 2.17. The van der Waals surface area contributed by atoms with E-state index in [2.05, 4.69) is 41.2 Å². The normalized spacial score (nSPS) is 23.2. The standard InChI is InChI=1S/C13H18BrNO/c1-3-5-12-10(4-2)15-11-8-9(14)6-7-13(11)16-12/h6-8,10,12,15H,3-5H2,1-2H3. The second-order valence-electron chi connectivity index (χ2n) is 4.24. The molecule has 0 spiro atoms. The average molecular weight is 284 g/mol. The molecular weight excluding hydrogens is 266 g/mol. The molecule has 1 aromatic rings. The lowest BCUT2D eigenvalue weighted by Gasteiger charge is -2.34. The number of ether oxygens (including phenoxy) is 1. The smallest absolute Gasteiger partial charge is 0.143 e. The fourth-order valence-corrected chi connectivity index (χ4v) is 2.53. The second-order valence-corrected chi connectivity index (χ2v) is 5.16. The number of benzene rings is 1. The molecule has 1 aliphatic heterocycles. The van der Waals surface area contributed by atoms with Crippen molar-refractivity contribution in [1.82, 2.24) is 0 Å². The lowest BCUT2D eigenvalue weighted by atomic mass is 10.0. The van der Waals surface area contributed by atoms with Gasteiger partial charge in [-0.05, 0) is 31.0 Å². The van der Waals surface area contributed by atoms with Crippen LogP contribution in [0.2, 0.25) is 0 Å². The van der Waals surface area contributed by atoms with Crippen LogP contribution < -0.4 is 10.1 Å². The first-order valence-corrected chi connectivity index (χ1v) is 6.76. The first kappa shape index (κ1) is 11.8. The van der Waals surface area contributed by atoms with Gasteiger partial charge in [-0.25, -0.2) is 0 Å². The van der Waals surface area contributed by atoms with Crippen molar-refractivity contribution in [3.63, 3.8) is 0 Å². The number of hydrogen-bond donors (Lipinski definition) is 1. The van der Waals surface area contributed by atoms with Crippen LogP contribution in [-0.2, 0) is 0 Å². The van der Waals surface area contributed by atoms with Gasteiger partial charge in [-0.1, -0.05) is 36.2 Å². The van der Waals surface area contributed by atoms with Crippen molar-refractivity contribution in [3.8, 4) is 5.75 Å². The Morgan fingerprint density at radius 3 is 2.88 bits per heavy atom. The van der Waals surface area contributed by atoms with Crippen LogP contribution in [0.1, 0.15) is 33.1 Å². The summed E-state index contributed by atoms with van der Waals surface area (Å²) < 4.78 is 7.14. The molecule has 0 aliphatic carbocycles. The van der Waals surface area contributed by atoms with Crippen LogP contribution in [0.15, 0.2) is 22.7 Å². The van der Waals surface area contributed by atoms with Crippen molar-refractivity contribution in [3.05, 3.63) is 22.7 Å². The topological polar surface area (TPSA) is 21.3 Å². The molecule has 0 bridgehead atoms. The van der Waals surface area contributed by atoms with Gasteiger partial charge in [0, 0.05) is 4.47 Å². The molecule has 2 rings (SSSR count). The molecule has 2 atom stereocenters. The lowest BCUT2D eigenvalue weighted by Crippen LogP contribution is -2.40. The summed E-state index contributed by atoms with van der Waals surface area (Å²) in [6, 6.07) is 6.57. The lowest BCUT2D eigenvalue weighted by molar-refractivity contribution is 0.155. The van der Waals surface area contributed by atoms with E-state index in [4.69, 9.17) is 4.74 Å². The molecule has 2 nitrogen and oxygen atoms in total. The Kier molecular flexibility index (Phi) is 3.74. The van der Waals surface area contributed by atoms with Gasteiger partial charge >= 0.3 is 0 Å². The third-order valence-corrected chi connectivity index (χ3v) is 3.52. The fraction of sp³-hybridized carbons (Fsp3) is 0.538. The molecule has 16 heavy (non-hydrogen) atoms. The summed E-state index contributed by atoms with van der Waals surface area (Å²) in [5.41, 5.74) is 1.11. The third kappa shape index (κ3) is 2.34. The largest absolute Gasteiger partial charge is 0.486 e. The summed E-state index contributed by atoms with van der Waals surface area (Å²) in [4.78, 5) is 0. The zero-order valence-electron chi connectivity index (χ0n) is 9.79. The minimum atomic E-state index is 0.309. The summed E-state index contributed by atoms with van der Waals surface area (Å²) in [7, 11) is 0. The number of hydrogen-bond acceptors (Lipinski definition) is 2. The van der Waals surface area contributed by atoms with Crippen molar-refractivity contribution in [2.45, 2.75) is 45.3 Å². The molecule has 1 aromatic carbocycles. The Morgan fingerprint density at radius 2 is 2.19 bits per heavy atom. The molecule has 88 valence electrons. The molecule has 1 heterocycles. The molecule has 3 heteroatoms. The van der Waals surface area contributed by atoms with Crippen LogP contribution in [0, 0.1) is 0 Å². The van der Waals surface area contributed by atoms with Crippen molar-refractivity contribution in [2.75, 3.05) is 5.32 Å². The van der Waals surface area contributed by atoms with Gasteiger partial charge in [-0.15, -0.1) is 0 Å². The number of anilines is 1. The quantitative estimate of drug-likeness (QED) is 0.898. The van der Waals surface area contributed by atoms with Crippen LogP contribution in [0.25, 0.3) is 0 Å². The van der Waals surface area contributed by atoms with Crippen LogP contribution in [0.4, 0.5) is 5.69 Å². The minimum Gasteiger partial charge on any atom is -0.486 e. The van der Waals surface area contributed by atoms with Gasteiger partial charge < -0.3 is 10.1 Å². The molecule has 0 saturated heterocycles. The molecule has 1 N–H and O–H groups in total. The SMILES string of the molecule is CCCC1Oc2ccc(Br)cc2NC1CC. The van der Waals surface area contributed by atoms with Gasteiger partial charge in [0.2, 0.25) is 0 Å². The maximum atomic E-state index is 6.05. The Labute approximate surface area is 106 Å². The summed E-state index contributed by atoms with van der Waals surface area (Å²) in [5, 5.41) is 3.57. The highest BCUT2D eigenvalue weighted by molar-refractivity contribution is 9.10. The first-order valence-electron chi connectivity index (χ1n) is 5.97. The van der Waals surface area contributed by atoms with E-state index in [1.807, 2.05) is 12.1 Å². The molecular formula is C13H18BrNO. The van der Waals surface area contributed by atoms with E-state index in [1.165, 1.54) is 0 Å². The average Bonchev–Trinajstić information content (AvgIpc) is 2.29. The molecule has 0 saturated carbocycles. The Morgan fingerprint density at radius 1 is 1.38 bits per heavy atom. The van der Waals surface area contributed by atoms with E-state index < -0.39 is 0 Å². The number of nitrogens with one attached hydrogen (secondary N) is 1. The Bertz CT molecular complexity index is 367. The highest BCUT2D eigenvalue weighted by atomic mass is 79.9. The molecule has 0 radical (unpaired) electrons. The minimum absolute atomic E-state index is 0.309. The van der Waals surface area contributed by atoms with E-state index in [0.717, 1.165) is 35.2 Å². The van der Waals surface area contributed by atoms with E-state index in [1.54, 1.807) is 0 Å². The van der Waals surface area contributed by atoms with Crippen molar-refractivity contribution in [2.24, 2.45) is 0 Å². The van der Waals surface area contributed by atoms with Gasteiger partial charge in [-0.3, -0.25) is 0 Å². The Balaban J connectivity index is 2.23. The first-order chi connectivity index (χ1) is 7.74. The number of fused-ring (bicyclic) bond motifs is 1. The van der Waals surface area contributed by atoms with Crippen molar-refractivity contribution >= 4 is 21.6 Å². The zero-order valence-corrected chi connectivity index (χ0v) is 11.4. The highest BCUT2D eigenvalue weighted by Gasteiger charge is 2.27. The molecule has 0 aromatic heterocycles. The monoisotopic (exact) mass is 283 g/mol. The highest BCUT2D eigenvalue weighted by Crippen LogP contribution is 2.35. The van der Waals surface area contributed by atoms with Gasteiger partial charge in [-0.2, -0.15) is 0 Å². The van der Waals surface area contributed by atoms with Crippen LogP contribution in [0.3, 0.4) is 0 Å². The molecule has 2 unspecified atom stereocenters. The van der Waals surface area contributed by atoms with Crippen molar-refractivity contribution in [1.29, 1.82) is 0 Å². The van der Waals surface area contributed by atoms with Gasteiger partial charge in [0.15, 0.2) is 0 Å². The predicted molar refractivity (Wildman–Crippen MR) is 71.2 cm³/mol. The summed E-state index contributed by atoms with van der Waals surface area (Å²) in [6.45, 7) is 4.40. The van der Waals surface area contributed by atoms with Crippen LogP contribution >= 0.6 is 15.9 Å². The van der Waals surface area contributed by atoms with E-state index >= 15 is 0 Å². The second kappa shape index (κ2) is 5.09. The Hall–Kier alpha value is -0.700. The molecule has 0 fully saturated rings. The maximum Gasteiger partial charge on any atom is 0.143 e. The summed E-state index contributed by atoms with van der Waals surface area (Å²) in [5.74, 6) is 0.978. The van der Waals surface area contributed by atoms with E-state index in [0.29, 0.717) is 12.1 Å². The number of rotatable bonds is 3.